The zero-order valence-corrected chi connectivity index (χ0v) is 20.6. The summed E-state index contributed by atoms with van der Waals surface area (Å²) in [6.07, 6.45) is 1.89. The minimum absolute atomic E-state index is 0.0676. The van der Waals surface area contributed by atoms with Crippen LogP contribution in [0.25, 0.3) is 0 Å². The molecule has 0 saturated heterocycles. The van der Waals surface area contributed by atoms with Crippen LogP contribution in [-0.2, 0) is 14.3 Å². The smallest absolute Gasteiger partial charge is 0.231 e. The summed E-state index contributed by atoms with van der Waals surface area (Å²) >= 11 is 0. The third-order valence-electron chi connectivity index (χ3n) is 6.90. The number of amides is 2. The Balaban J connectivity index is 1.51. The second kappa shape index (κ2) is 8.83. The Kier molecular flexibility index (Phi) is 6.35. The predicted molar refractivity (Wildman–Crippen MR) is 126 cm³/mol. The topological polar surface area (TPSA) is 106 Å². The quantitative estimate of drug-likeness (QED) is 0.632. The van der Waals surface area contributed by atoms with Crippen molar-refractivity contribution in [2.45, 2.75) is 76.6 Å². The largest absolute Gasteiger partial charge is 0.487 e. The Bertz CT molecular complexity index is 1010. The maximum Gasteiger partial charge on any atom is 0.231 e. The van der Waals surface area contributed by atoms with Gasteiger partial charge in [-0.3, -0.25) is 14.5 Å². The molecule has 8 nitrogen and oxygen atoms in total. The zero-order valence-electron chi connectivity index (χ0n) is 20.6. The highest BCUT2D eigenvalue weighted by Crippen LogP contribution is 2.47. The third kappa shape index (κ3) is 4.89. The summed E-state index contributed by atoms with van der Waals surface area (Å²) in [6, 6.07) is 3.94. The van der Waals surface area contributed by atoms with Gasteiger partial charge in [-0.05, 0) is 58.6 Å². The van der Waals surface area contributed by atoms with E-state index in [0.717, 1.165) is 0 Å². The molecule has 1 aromatic rings. The Morgan fingerprint density at radius 1 is 1.38 bits per heavy atom. The fraction of sp³-hybridized carbons (Fsp3) is 0.640. The molecule has 1 fully saturated rings. The number of nitrogens with two attached hydrogens (primary N) is 1. The molecular weight excluding hydrogens is 439 g/mol. The van der Waals surface area contributed by atoms with E-state index in [9.17, 15) is 14.0 Å². The van der Waals surface area contributed by atoms with Crippen molar-refractivity contribution in [2.24, 2.45) is 22.6 Å². The van der Waals surface area contributed by atoms with Crippen LogP contribution in [0.1, 0.15) is 65.0 Å². The number of ether oxygens (including phenoxy) is 2. The molecule has 2 amide bonds. The predicted octanol–water partition coefficient (Wildman–Crippen LogP) is 2.91. The second-order valence-electron chi connectivity index (χ2n) is 10.9. The van der Waals surface area contributed by atoms with Crippen molar-refractivity contribution in [3.8, 4) is 5.75 Å². The van der Waals surface area contributed by atoms with E-state index in [1.54, 1.807) is 24.1 Å². The highest BCUT2D eigenvalue weighted by Gasteiger charge is 2.52. The van der Waals surface area contributed by atoms with Crippen LogP contribution in [0.3, 0.4) is 0 Å². The number of fused-ring (bicyclic) bond motifs is 1. The molecule has 0 bridgehead atoms. The third-order valence-corrected chi connectivity index (χ3v) is 6.90. The highest BCUT2D eigenvalue weighted by atomic mass is 19.1. The molecule has 4 atom stereocenters. The van der Waals surface area contributed by atoms with Crippen LogP contribution < -0.4 is 15.8 Å². The average molecular weight is 475 g/mol. The van der Waals surface area contributed by atoms with Crippen molar-refractivity contribution in [2.75, 3.05) is 13.7 Å². The summed E-state index contributed by atoms with van der Waals surface area (Å²) in [5, 5.41) is 3.06. The number of rotatable bonds is 7. The minimum Gasteiger partial charge on any atom is -0.487 e. The first-order chi connectivity index (χ1) is 15.9. The number of methoxy groups -OCH3 is 1. The molecule has 1 aromatic carbocycles. The first-order valence-corrected chi connectivity index (χ1v) is 11.9. The number of carbonyl (C=O) groups excluding carboxylic acids is 2. The van der Waals surface area contributed by atoms with Crippen LogP contribution >= 0.6 is 0 Å². The number of nitrogens with zero attached hydrogens (tertiary/aromatic N) is 2. The van der Waals surface area contributed by atoms with E-state index >= 15 is 0 Å². The molecular formula is C25H35FN4O4. The van der Waals surface area contributed by atoms with E-state index in [0.29, 0.717) is 37.2 Å². The summed E-state index contributed by atoms with van der Waals surface area (Å²) in [5.74, 6) is -0.348. The number of hydrogen-bond acceptors (Lipinski definition) is 6. The summed E-state index contributed by atoms with van der Waals surface area (Å²) in [4.78, 5) is 32.3. The summed E-state index contributed by atoms with van der Waals surface area (Å²) in [7, 11) is 1.60. The number of nitrogens with one attached hydrogen (secondary N) is 1. The number of halogens is 1. The van der Waals surface area contributed by atoms with Crippen molar-refractivity contribution in [1.29, 1.82) is 0 Å². The fourth-order valence-corrected chi connectivity index (χ4v) is 5.34. The molecule has 186 valence electrons. The SMILES string of the molecule is COCC[C@H]([C@@H]1C[C@H]1C(=O)N[C@@H]1CC(C)(C)Oc2cccc(F)c21)N1C(=O)CC(C)(C)N=C1N. The van der Waals surface area contributed by atoms with Crippen LogP contribution in [0.2, 0.25) is 0 Å². The van der Waals surface area contributed by atoms with Gasteiger partial charge in [0.25, 0.3) is 0 Å². The summed E-state index contributed by atoms with van der Waals surface area (Å²) in [6.45, 7) is 8.03. The number of hydrogen-bond donors (Lipinski definition) is 2. The fourth-order valence-electron chi connectivity index (χ4n) is 5.34. The van der Waals surface area contributed by atoms with E-state index < -0.39 is 23.0 Å². The minimum atomic E-state index is -0.545. The van der Waals surface area contributed by atoms with Crippen LogP contribution in [-0.4, -0.2) is 53.6 Å². The van der Waals surface area contributed by atoms with E-state index in [4.69, 9.17) is 15.2 Å². The average Bonchev–Trinajstić information content (AvgIpc) is 3.48. The Morgan fingerprint density at radius 3 is 2.79 bits per heavy atom. The van der Waals surface area contributed by atoms with Gasteiger partial charge in [-0.1, -0.05) is 6.07 Å². The van der Waals surface area contributed by atoms with E-state index in [2.05, 4.69) is 10.3 Å². The number of benzene rings is 1. The number of aliphatic imine (C=N–C) groups is 1. The van der Waals surface area contributed by atoms with Gasteiger partial charge in [0.05, 0.1) is 23.6 Å². The highest BCUT2D eigenvalue weighted by molar-refractivity contribution is 5.99. The molecule has 0 unspecified atom stereocenters. The van der Waals surface area contributed by atoms with Crippen LogP contribution in [0.4, 0.5) is 4.39 Å². The monoisotopic (exact) mass is 474 g/mol. The van der Waals surface area contributed by atoms with Crippen molar-refractivity contribution in [3.63, 3.8) is 0 Å². The lowest BCUT2D eigenvalue weighted by molar-refractivity contribution is -0.132. The lowest BCUT2D eigenvalue weighted by Crippen LogP contribution is -2.55. The van der Waals surface area contributed by atoms with Crippen molar-refractivity contribution < 1.29 is 23.5 Å². The van der Waals surface area contributed by atoms with Gasteiger partial charge in [-0.15, -0.1) is 0 Å². The first kappa shape index (κ1) is 24.4. The molecule has 1 aliphatic carbocycles. The summed E-state index contributed by atoms with van der Waals surface area (Å²) in [5.41, 5.74) is 5.51. The molecule has 1 saturated carbocycles. The maximum atomic E-state index is 14.7. The molecule has 4 rings (SSSR count). The van der Waals surface area contributed by atoms with Gasteiger partial charge < -0.3 is 20.5 Å². The lowest BCUT2D eigenvalue weighted by Gasteiger charge is -2.38. The van der Waals surface area contributed by atoms with Gasteiger partial charge in [0.2, 0.25) is 11.8 Å². The van der Waals surface area contributed by atoms with Crippen molar-refractivity contribution in [1.82, 2.24) is 10.2 Å². The number of guanidine groups is 1. The molecule has 0 radical (unpaired) electrons. The van der Waals surface area contributed by atoms with Gasteiger partial charge >= 0.3 is 0 Å². The van der Waals surface area contributed by atoms with Gasteiger partial charge in [-0.2, -0.15) is 0 Å². The second-order valence-corrected chi connectivity index (χ2v) is 10.9. The van der Waals surface area contributed by atoms with E-state index in [1.165, 1.54) is 6.07 Å². The molecule has 2 aliphatic heterocycles. The van der Waals surface area contributed by atoms with Crippen molar-refractivity contribution >= 4 is 17.8 Å². The van der Waals surface area contributed by atoms with Gasteiger partial charge in [0.1, 0.15) is 17.2 Å². The zero-order chi connectivity index (χ0) is 24.8. The molecule has 9 heteroatoms. The molecule has 34 heavy (non-hydrogen) atoms. The Morgan fingerprint density at radius 2 is 2.12 bits per heavy atom. The van der Waals surface area contributed by atoms with E-state index in [-0.39, 0.29) is 42.1 Å². The Labute approximate surface area is 200 Å². The van der Waals surface area contributed by atoms with Crippen molar-refractivity contribution in [3.05, 3.63) is 29.6 Å². The lowest BCUT2D eigenvalue weighted by atomic mass is 9.89. The van der Waals surface area contributed by atoms with Crippen LogP contribution in [0, 0.1) is 17.7 Å². The standard InChI is InChI=1S/C25H35FN4O4/c1-24(2)13-20(31)30(23(27)29-24)18(9-10-33-5)14-11-15(14)22(32)28-17-12-25(3,4)34-19-8-6-7-16(26)21(17)19/h6-8,14-15,17-18H,9-13H2,1-5H3,(H2,27,29)(H,28,32)/t14-,15-,17-,18-/m1/s1. The van der Waals surface area contributed by atoms with Gasteiger partial charge in [0.15, 0.2) is 5.96 Å². The van der Waals surface area contributed by atoms with Crippen LogP contribution in [0.5, 0.6) is 5.75 Å². The maximum absolute atomic E-state index is 14.7. The molecule has 0 aromatic heterocycles. The van der Waals surface area contributed by atoms with Gasteiger partial charge in [-0.25, -0.2) is 9.38 Å². The molecule has 0 spiro atoms. The summed E-state index contributed by atoms with van der Waals surface area (Å²) < 4.78 is 25.9. The first-order valence-electron chi connectivity index (χ1n) is 11.9. The number of carbonyl (C=O) groups is 2. The Hall–Kier alpha value is -2.68. The molecule has 3 N–H and O–H groups in total. The normalized spacial score (nSPS) is 27.8. The molecule has 2 heterocycles. The molecule has 3 aliphatic rings. The van der Waals surface area contributed by atoms with Crippen LogP contribution in [0.15, 0.2) is 23.2 Å². The van der Waals surface area contributed by atoms with Gasteiger partial charge in [0, 0.05) is 32.1 Å². The van der Waals surface area contributed by atoms with E-state index in [1.807, 2.05) is 27.7 Å².